The third-order valence-corrected chi connectivity index (χ3v) is 4.63. The van der Waals surface area contributed by atoms with E-state index in [-0.39, 0.29) is 11.6 Å². The van der Waals surface area contributed by atoms with Crippen LogP contribution in [0, 0.1) is 11.6 Å². The van der Waals surface area contributed by atoms with Gasteiger partial charge in [0.1, 0.15) is 17.1 Å². The topological polar surface area (TPSA) is 58.0 Å². The maximum atomic E-state index is 14.2. The maximum Gasteiger partial charge on any atom is 0.168 e. The summed E-state index contributed by atoms with van der Waals surface area (Å²) in [7, 11) is 0. The van der Waals surface area contributed by atoms with Crippen LogP contribution < -0.4 is 5.32 Å². The van der Waals surface area contributed by atoms with Gasteiger partial charge in [-0.1, -0.05) is 41.9 Å². The smallest absolute Gasteiger partial charge is 0.168 e. The first-order chi connectivity index (χ1) is 13.5. The molecule has 0 saturated carbocycles. The van der Waals surface area contributed by atoms with E-state index in [0.29, 0.717) is 21.7 Å². The van der Waals surface area contributed by atoms with E-state index in [1.54, 1.807) is 42.6 Å². The number of aromatic nitrogens is 2. The fraction of sp³-hybridized carbons (Fsp3) is 0.0476. The summed E-state index contributed by atoms with van der Waals surface area (Å²) in [6.45, 7) is 0. The summed E-state index contributed by atoms with van der Waals surface area (Å²) in [5.74, 6) is -1.78. The Morgan fingerprint density at radius 1 is 1.00 bits per heavy atom. The molecule has 140 valence electrons. The summed E-state index contributed by atoms with van der Waals surface area (Å²) in [6, 6.07) is 14.1. The van der Waals surface area contributed by atoms with Crippen LogP contribution in [0.15, 0.2) is 67.0 Å². The lowest BCUT2D eigenvalue weighted by atomic mass is 9.96. The zero-order valence-electron chi connectivity index (χ0n) is 14.4. The van der Waals surface area contributed by atoms with Gasteiger partial charge in [-0.15, -0.1) is 0 Å². The van der Waals surface area contributed by atoms with Crippen LogP contribution in [-0.2, 0) is 0 Å². The Hall–Kier alpha value is -3.25. The first kappa shape index (κ1) is 18.1. The van der Waals surface area contributed by atoms with Crippen molar-refractivity contribution in [2.45, 2.75) is 6.04 Å². The molecular weight excluding hydrogens is 384 g/mol. The summed E-state index contributed by atoms with van der Waals surface area (Å²) in [5.41, 5.74) is 1.60. The molecule has 2 aromatic carbocycles. The molecule has 0 aliphatic rings. The Balaban J connectivity index is 1.85. The zero-order valence-corrected chi connectivity index (χ0v) is 15.2. The Kier molecular flexibility index (Phi) is 4.79. The van der Waals surface area contributed by atoms with E-state index < -0.39 is 17.7 Å². The van der Waals surface area contributed by atoms with Gasteiger partial charge in [0.25, 0.3) is 0 Å². The van der Waals surface area contributed by atoms with E-state index in [1.807, 2.05) is 12.1 Å². The van der Waals surface area contributed by atoms with Gasteiger partial charge in [-0.2, -0.15) is 0 Å². The van der Waals surface area contributed by atoms with Crippen LogP contribution in [0.1, 0.15) is 17.2 Å². The number of benzene rings is 2. The van der Waals surface area contributed by atoms with Crippen molar-refractivity contribution in [3.05, 3.63) is 94.8 Å². The van der Waals surface area contributed by atoms with Gasteiger partial charge in [-0.3, -0.25) is 4.98 Å². The number of hydrogen-bond acceptors (Lipinski definition) is 4. The lowest BCUT2D eigenvalue weighted by Crippen LogP contribution is -2.15. The second-order valence-electron chi connectivity index (χ2n) is 6.19. The molecule has 2 heterocycles. The lowest BCUT2D eigenvalue weighted by molar-refractivity contribution is 0.471. The molecule has 1 unspecified atom stereocenters. The Morgan fingerprint density at radius 3 is 2.54 bits per heavy atom. The third-order valence-electron chi connectivity index (χ3n) is 4.38. The molecule has 0 fully saturated rings. The maximum absolute atomic E-state index is 14.2. The lowest BCUT2D eigenvalue weighted by Gasteiger charge is -2.22. The van der Waals surface area contributed by atoms with Gasteiger partial charge in [-0.05, 0) is 23.8 Å². The molecule has 0 bridgehead atoms. The van der Waals surface area contributed by atoms with E-state index >= 15 is 0 Å². The number of aromatic hydroxyl groups is 1. The average Bonchev–Trinajstić information content (AvgIpc) is 2.69. The predicted octanol–water partition coefficient (Wildman–Crippen LogP) is 5.47. The molecule has 0 amide bonds. The van der Waals surface area contributed by atoms with Gasteiger partial charge in [0.2, 0.25) is 0 Å². The molecule has 28 heavy (non-hydrogen) atoms. The highest BCUT2D eigenvalue weighted by Gasteiger charge is 2.22. The van der Waals surface area contributed by atoms with Crippen molar-refractivity contribution in [3.8, 4) is 5.75 Å². The summed E-state index contributed by atoms with van der Waals surface area (Å²) in [5, 5.41) is 15.1. The van der Waals surface area contributed by atoms with Gasteiger partial charge in [0.15, 0.2) is 11.6 Å². The number of nitrogens with one attached hydrogen (secondary N) is 1. The van der Waals surface area contributed by atoms with Crippen molar-refractivity contribution < 1.29 is 13.9 Å². The van der Waals surface area contributed by atoms with Crippen molar-refractivity contribution in [2.24, 2.45) is 0 Å². The highest BCUT2D eigenvalue weighted by atomic mass is 35.5. The number of rotatable bonds is 4. The summed E-state index contributed by atoms with van der Waals surface area (Å²) < 4.78 is 27.4. The molecule has 0 radical (unpaired) electrons. The van der Waals surface area contributed by atoms with Gasteiger partial charge < -0.3 is 10.4 Å². The fourth-order valence-electron chi connectivity index (χ4n) is 3.03. The van der Waals surface area contributed by atoms with Gasteiger partial charge >= 0.3 is 0 Å². The first-order valence-electron chi connectivity index (χ1n) is 8.42. The number of phenolic OH excluding ortho intramolecular Hbond substituents is 1. The number of fused-ring (bicyclic) bond motifs is 1. The monoisotopic (exact) mass is 397 g/mol. The van der Waals surface area contributed by atoms with E-state index in [4.69, 9.17) is 11.6 Å². The first-order valence-corrected chi connectivity index (χ1v) is 8.80. The molecule has 0 aliphatic carbocycles. The third kappa shape index (κ3) is 3.46. The highest BCUT2D eigenvalue weighted by molar-refractivity contribution is 6.30. The molecule has 0 saturated heterocycles. The van der Waals surface area contributed by atoms with Crippen LogP contribution >= 0.6 is 11.6 Å². The van der Waals surface area contributed by atoms with Gasteiger partial charge in [-0.25, -0.2) is 13.8 Å². The highest BCUT2D eigenvalue weighted by Crippen LogP contribution is 2.36. The van der Waals surface area contributed by atoms with Crippen LogP contribution in [0.25, 0.3) is 10.9 Å². The summed E-state index contributed by atoms with van der Waals surface area (Å²) >= 11 is 5.98. The van der Waals surface area contributed by atoms with E-state index in [0.717, 1.165) is 17.6 Å². The molecule has 2 N–H and O–H groups in total. The van der Waals surface area contributed by atoms with Crippen LogP contribution in [0.2, 0.25) is 5.02 Å². The van der Waals surface area contributed by atoms with Crippen molar-refractivity contribution in [1.82, 2.24) is 9.97 Å². The number of halogens is 3. The Morgan fingerprint density at radius 2 is 1.79 bits per heavy atom. The van der Waals surface area contributed by atoms with Crippen LogP contribution in [0.5, 0.6) is 5.75 Å². The minimum Gasteiger partial charge on any atom is -0.505 e. The SMILES string of the molecule is Oc1c(C(Nc2ncc(F)cc2F)c2ccc(Cl)cc2)ccc2cccnc12. The predicted molar refractivity (Wildman–Crippen MR) is 104 cm³/mol. The zero-order chi connectivity index (χ0) is 19.7. The number of anilines is 1. The normalized spacial score (nSPS) is 12.1. The average molecular weight is 398 g/mol. The molecule has 0 spiro atoms. The quantitative estimate of drug-likeness (QED) is 0.479. The fourth-order valence-corrected chi connectivity index (χ4v) is 3.16. The van der Waals surface area contributed by atoms with Gasteiger partial charge in [0, 0.05) is 28.2 Å². The molecule has 4 rings (SSSR count). The van der Waals surface area contributed by atoms with Crippen LogP contribution in [-0.4, -0.2) is 15.1 Å². The Labute approximate surface area is 164 Å². The molecule has 1 atom stereocenters. The molecular formula is C21H14ClF2N3O. The summed E-state index contributed by atoms with van der Waals surface area (Å²) in [6.07, 6.45) is 2.50. The standard InChI is InChI=1S/C21H14ClF2N3O/c22-14-6-3-13(4-7-14)18(27-21-17(24)10-15(23)11-26-21)16-8-5-12-2-1-9-25-19(12)20(16)28/h1-11,18,28H,(H,26,27). The van der Waals surface area contributed by atoms with E-state index in [2.05, 4.69) is 15.3 Å². The van der Waals surface area contributed by atoms with Crippen molar-refractivity contribution in [3.63, 3.8) is 0 Å². The van der Waals surface area contributed by atoms with Crippen molar-refractivity contribution in [2.75, 3.05) is 5.32 Å². The molecule has 4 aromatic rings. The van der Waals surface area contributed by atoms with Crippen LogP contribution in [0.4, 0.5) is 14.6 Å². The second-order valence-corrected chi connectivity index (χ2v) is 6.63. The van der Waals surface area contributed by atoms with E-state index in [9.17, 15) is 13.9 Å². The minimum absolute atomic E-state index is 0.0342. The number of pyridine rings is 2. The van der Waals surface area contributed by atoms with Crippen molar-refractivity contribution in [1.29, 1.82) is 0 Å². The van der Waals surface area contributed by atoms with Crippen molar-refractivity contribution >= 4 is 28.3 Å². The summed E-state index contributed by atoms with van der Waals surface area (Å²) in [4.78, 5) is 8.02. The number of hydrogen-bond donors (Lipinski definition) is 2. The molecule has 7 heteroatoms. The largest absolute Gasteiger partial charge is 0.505 e. The molecule has 4 nitrogen and oxygen atoms in total. The van der Waals surface area contributed by atoms with E-state index in [1.165, 1.54) is 0 Å². The van der Waals surface area contributed by atoms with Crippen LogP contribution in [0.3, 0.4) is 0 Å². The number of nitrogens with zero attached hydrogens (tertiary/aromatic N) is 2. The Bertz CT molecular complexity index is 1150. The number of phenols is 1. The minimum atomic E-state index is -0.836. The molecule has 0 aliphatic heterocycles. The molecule has 2 aromatic heterocycles. The van der Waals surface area contributed by atoms with Gasteiger partial charge in [0.05, 0.1) is 12.2 Å². The second kappa shape index (κ2) is 7.40.